The molecule has 0 radical (unpaired) electrons. The molecule has 0 aliphatic rings. The maximum absolute atomic E-state index is 5.41. The quantitative estimate of drug-likeness (QED) is 0.194. The molecule has 0 fully saturated rings. The Hall–Kier alpha value is -0.500. The highest BCUT2D eigenvalue weighted by Gasteiger charge is 2.13. The first-order valence-corrected chi connectivity index (χ1v) is 7.74. The molecule has 0 aliphatic heterocycles. The fraction of sp³-hybridized carbons (Fsp3) is 0.875. The first-order valence-electron chi connectivity index (χ1n) is 7.74. The minimum Gasteiger partial charge on any atom is -0.324 e. The zero-order valence-corrected chi connectivity index (χ0v) is 12.9. The van der Waals surface area contributed by atoms with Gasteiger partial charge in [-0.1, -0.05) is 64.9 Å². The minimum atomic E-state index is 0.598. The van der Waals surface area contributed by atoms with Crippen molar-refractivity contribution < 1.29 is 9.48 Å². The zero-order valence-electron chi connectivity index (χ0n) is 12.9. The lowest BCUT2D eigenvalue weighted by Gasteiger charge is -2.25. The van der Waals surface area contributed by atoms with E-state index in [1.165, 1.54) is 70.5 Å². The summed E-state index contributed by atoms with van der Waals surface area (Å²) in [4.78, 5) is 5.41. The number of quaternary nitrogens is 1. The van der Waals surface area contributed by atoms with E-state index in [4.69, 9.17) is 4.84 Å². The lowest BCUT2D eigenvalue weighted by molar-refractivity contribution is -1.07. The predicted octanol–water partition coefficient (Wildman–Crippen LogP) is 5.06. The van der Waals surface area contributed by atoms with E-state index in [-0.39, 0.29) is 0 Å². The number of hydroxylamine groups is 3. The highest BCUT2D eigenvalue weighted by Crippen LogP contribution is 2.11. The van der Waals surface area contributed by atoms with Crippen molar-refractivity contribution in [1.82, 2.24) is 0 Å². The number of nitrogens with zero attached hydrogens (tertiary/aromatic N) is 1. The Kier molecular flexibility index (Phi) is 11.3. The molecule has 0 saturated carbocycles. The van der Waals surface area contributed by atoms with Gasteiger partial charge in [-0.2, -0.15) is 0 Å². The summed E-state index contributed by atoms with van der Waals surface area (Å²) >= 11 is 0. The molecule has 0 bridgehead atoms. The van der Waals surface area contributed by atoms with Crippen LogP contribution in [0.4, 0.5) is 0 Å². The lowest BCUT2D eigenvalue weighted by atomic mass is 10.1. The number of hydrogen-bond donors (Lipinski definition) is 0. The SMILES string of the molecule is C=CO[N+](C)(C)CCCCCCCCCCCC. The molecule has 0 aromatic rings. The second kappa shape index (κ2) is 11.6. The average Bonchev–Trinajstić information content (AvgIpc) is 2.31. The topological polar surface area (TPSA) is 9.23 Å². The molecule has 0 atom stereocenters. The van der Waals surface area contributed by atoms with E-state index < -0.39 is 0 Å². The van der Waals surface area contributed by atoms with Crippen molar-refractivity contribution in [1.29, 1.82) is 0 Å². The molecule has 0 rings (SSSR count). The van der Waals surface area contributed by atoms with Crippen molar-refractivity contribution in [2.75, 3.05) is 20.6 Å². The second-order valence-corrected chi connectivity index (χ2v) is 5.75. The summed E-state index contributed by atoms with van der Waals surface area (Å²) in [5.74, 6) is 0. The van der Waals surface area contributed by atoms with E-state index in [1.54, 1.807) is 0 Å². The summed E-state index contributed by atoms with van der Waals surface area (Å²) in [6.07, 6.45) is 15.4. The van der Waals surface area contributed by atoms with Crippen LogP contribution in [0.1, 0.15) is 71.1 Å². The van der Waals surface area contributed by atoms with Gasteiger partial charge in [-0.15, -0.1) is 4.65 Å². The molecule has 0 spiro atoms. The van der Waals surface area contributed by atoms with Gasteiger partial charge in [0.1, 0.15) is 26.9 Å². The summed E-state index contributed by atoms with van der Waals surface area (Å²) < 4.78 is 0.598. The molecule has 0 unspecified atom stereocenters. The Balaban J connectivity index is 3.18. The fourth-order valence-electron chi connectivity index (χ4n) is 2.23. The first kappa shape index (κ1) is 17.5. The van der Waals surface area contributed by atoms with Gasteiger partial charge >= 0.3 is 0 Å². The number of unbranched alkanes of at least 4 members (excludes halogenated alkanes) is 9. The Morgan fingerprint density at radius 3 is 1.72 bits per heavy atom. The van der Waals surface area contributed by atoms with E-state index in [9.17, 15) is 0 Å². The van der Waals surface area contributed by atoms with Gasteiger partial charge in [0, 0.05) is 6.42 Å². The summed E-state index contributed by atoms with van der Waals surface area (Å²) in [7, 11) is 4.16. The van der Waals surface area contributed by atoms with E-state index in [1.807, 2.05) is 0 Å². The first-order chi connectivity index (χ1) is 8.62. The van der Waals surface area contributed by atoms with Crippen molar-refractivity contribution in [3.8, 4) is 0 Å². The second-order valence-electron chi connectivity index (χ2n) is 5.75. The molecule has 0 aromatic heterocycles. The molecule has 18 heavy (non-hydrogen) atoms. The van der Waals surface area contributed by atoms with E-state index >= 15 is 0 Å². The van der Waals surface area contributed by atoms with Crippen LogP contribution in [0.15, 0.2) is 12.8 Å². The van der Waals surface area contributed by atoms with Crippen LogP contribution in [-0.4, -0.2) is 25.3 Å². The fourth-order valence-corrected chi connectivity index (χ4v) is 2.23. The molecule has 2 heteroatoms. The monoisotopic (exact) mass is 256 g/mol. The van der Waals surface area contributed by atoms with Crippen LogP contribution in [0.5, 0.6) is 0 Å². The molecular formula is C16H34NO+. The van der Waals surface area contributed by atoms with E-state index in [2.05, 4.69) is 27.6 Å². The largest absolute Gasteiger partial charge is 0.324 e. The molecule has 0 amide bonds. The van der Waals surface area contributed by atoms with Gasteiger partial charge in [0.2, 0.25) is 0 Å². The Morgan fingerprint density at radius 1 is 0.833 bits per heavy atom. The third kappa shape index (κ3) is 12.0. The molecular weight excluding hydrogens is 222 g/mol. The zero-order chi connectivity index (χ0) is 13.7. The standard InChI is InChI=1S/C16H34NO/c1-5-7-8-9-10-11-12-13-14-15-16-17(3,4)18-6-2/h6H,2,5,7-16H2,1,3-4H3/q+1. The molecule has 0 heterocycles. The van der Waals surface area contributed by atoms with Crippen molar-refractivity contribution in [2.45, 2.75) is 71.1 Å². The predicted molar refractivity (Wildman–Crippen MR) is 80.1 cm³/mol. The lowest BCUT2D eigenvalue weighted by Crippen LogP contribution is -2.38. The van der Waals surface area contributed by atoms with Crippen LogP contribution in [-0.2, 0) is 4.84 Å². The molecule has 0 N–H and O–H groups in total. The van der Waals surface area contributed by atoms with Gasteiger partial charge in [0.05, 0.1) is 0 Å². The molecule has 0 aromatic carbocycles. The van der Waals surface area contributed by atoms with Crippen LogP contribution in [0.2, 0.25) is 0 Å². The molecule has 2 nitrogen and oxygen atoms in total. The van der Waals surface area contributed by atoms with Crippen molar-refractivity contribution >= 4 is 0 Å². The van der Waals surface area contributed by atoms with Crippen molar-refractivity contribution in [2.24, 2.45) is 0 Å². The van der Waals surface area contributed by atoms with Crippen LogP contribution in [0.3, 0.4) is 0 Å². The minimum absolute atomic E-state index is 0.598. The highest BCUT2D eigenvalue weighted by molar-refractivity contribution is 4.47. The highest BCUT2D eigenvalue weighted by atomic mass is 16.7. The summed E-state index contributed by atoms with van der Waals surface area (Å²) in [5.41, 5.74) is 0. The maximum Gasteiger partial charge on any atom is 0.147 e. The van der Waals surface area contributed by atoms with Crippen molar-refractivity contribution in [3.05, 3.63) is 12.8 Å². The summed E-state index contributed by atoms with van der Waals surface area (Å²) in [6.45, 7) is 6.95. The third-order valence-electron chi connectivity index (χ3n) is 3.41. The Morgan fingerprint density at radius 2 is 1.28 bits per heavy atom. The van der Waals surface area contributed by atoms with Crippen LogP contribution < -0.4 is 0 Å². The Bertz CT molecular complexity index is 190. The third-order valence-corrected chi connectivity index (χ3v) is 3.41. The van der Waals surface area contributed by atoms with Crippen LogP contribution in [0.25, 0.3) is 0 Å². The normalized spacial score (nSPS) is 11.5. The summed E-state index contributed by atoms with van der Waals surface area (Å²) in [5, 5.41) is 0. The van der Waals surface area contributed by atoms with Gasteiger partial charge in [-0.25, -0.2) is 0 Å². The van der Waals surface area contributed by atoms with Crippen molar-refractivity contribution in [3.63, 3.8) is 0 Å². The number of rotatable bonds is 13. The maximum atomic E-state index is 5.41. The van der Waals surface area contributed by atoms with E-state index in [0.29, 0.717) is 4.65 Å². The summed E-state index contributed by atoms with van der Waals surface area (Å²) in [6, 6.07) is 0. The smallest absolute Gasteiger partial charge is 0.147 e. The van der Waals surface area contributed by atoms with Crippen LogP contribution in [0, 0.1) is 0 Å². The van der Waals surface area contributed by atoms with Crippen LogP contribution >= 0.6 is 0 Å². The molecule has 108 valence electrons. The van der Waals surface area contributed by atoms with E-state index in [0.717, 1.165) is 6.54 Å². The number of hydrogen-bond acceptors (Lipinski definition) is 1. The molecule has 0 saturated heterocycles. The van der Waals surface area contributed by atoms with Gasteiger partial charge < -0.3 is 4.84 Å². The van der Waals surface area contributed by atoms with Gasteiger partial charge in [-0.05, 0) is 6.42 Å². The average molecular weight is 256 g/mol. The molecule has 0 aliphatic carbocycles. The van der Waals surface area contributed by atoms with Gasteiger partial charge in [0.15, 0.2) is 0 Å². The van der Waals surface area contributed by atoms with Gasteiger partial charge in [-0.3, -0.25) is 0 Å². The Labute approximate surface area is 115 Å². The van der Waals surface area contributed by atoms with Gasteiger partial charge in [0.25, 0.3) is 0 Å².